The molecule has 0 amide bonds. The largest absolute Gasteiger partial charge is 0.482 e. The van der Waals surface area contributed by atoms with E-state index >= 15 is 0 Å². The minimum absolute atomic E-state index is 0.0324. The predicted molar refractivity (Wildman–Crippen MR) is 111 cm³/mol. The average molecular weight is 394 g/mol. The molecule has 0 aliphatic heterocycles. The summed E-state index contributed by atoms with van der Waals surface area (Å²) >= 11 is 1.48. The summed E-state index contributed by atoms with van der Waals surface area (Å²) in [5.74, 6) is -0.528. The van der Waals surface area contributed by atoms with Crippen molar-refractivity contribution in [2.45, 2.75) is 25.2 Å². The van der Waals surface area contributed by atoms with Crippen molar-refractivity contribution in [2.24, 2.45) is 5.41 Å². The fraction of sp³-hybridized carbons (Fsp3) is 0.217. The van der Waals surface area contributed by atoms with Crippen molar-refractivity contribution in [3.63, 3.8) is 0 Å². The van der Waals surface area contributed by atoms with Crippen LogP contribution in [-0.4, -0.2) is 23.5 Å². The molecule has 4 nitrogen and oxygen atoms in total. The van der Waals surface area contributed by atoms with Crippen LogP contribution < -0.4 is 4.74 Å². The second kappa shape index (κ2) is 8.48. The van der Waals surface area contributed by atoms with Gasteiger partial charge in [0, 0.05) is 10.5 Å². The Labute approximate surface area is 168 Å². The monoisotopic (exact) mass is 394 g/mol. The lowest BCUT2D eigenvalue weighted by Crippen LogP contribution is -2.21. The lowest BCUT2D eigenvalue weighted by molar-refractivity contribution is -0.139. The number of rotatable bonds is 6. The van der Waals surface area contributed by atoms with Crippen molar-refractivity contribution in [1.29, 1.82) is 0 Å². The van der Waals surface area contributed by atoms with Gasteiger partial charge in [-0.25, -0.2) is 4.79 Å². The topological polar surface area (TPSA) is 63.6 Å². The average Bonchev–Trinajstić information content (AvgIpc) is 2.64. The van der Waals surface area contributed by atoms with Crippen molar-refractivity contribution < 1.29 is 19.4 Å². The van der Waals surface area contributed by atoms with Crippen molar-refractivity contribution >= 4 is 29.6 Å². The van der Waals surface area contributed by atoms with Crippen LogP contribution in [0.3, 0.4) is 0 Å². The molecule has 2 aromatic rings. The molecular formula is C23H22O4S. The highest BCUT2D eigenvalue weighted by Crippen LogP contribution is 2.41. The van der Waals surface area contributed by atoms with E-state index in [1.165, 1.54) is 11.8 Å². The summed E-state index contributed by atoms with van der Waals surface area (Å²) in [6, 6.07) is 17.0. The molecule has 0 bridgehead atoms. The Kier molecular flexibility index (Phi) is 6.05. The van der Waals surface area contributed by atoms with Crippen LogP contribution >= 0.6 is 11.8 Å². The molecule has 1 aliphatic carbocycles. The van der Waals surface area contributed by atoms with Crippen LogP contribution in [0.25, 0.3) is 6.08 Å². The SMILES string of the molecule is CC1(C)C=C(Sc2ccccc2)C(=O)C(=Cc2cccc(OCC(=O)O)c2)C1. The highest BCUT2D eigenvalue weighted by atomic mass is 32.2. The normalized spacial score (nSPS) is 17.3. The first kappa shape index (κ1) is 20.0. The summed E-state index contributed by atoms with van der Waals surface area (Å²) in [6.45, 7) is 3.84. The quantitative estimate of drug-likeness (QED) is 0.682. The molecule has 0 aromatic heterocycles. The maximum absolute atomic E-state index is 13.1. The van der Waals surface area contributed by atoms with Gasteiger partial charge in [-0.3, -0.25) is 4.79 Å². The van der Waals surface area contributed by atoms with E-state index in [0.717, 1.165) is 20.9 Å². The summed E-state index contributed by atoms with van der Waals surface area (Å²) in [5.41, 5.74) is 1.42. The standard InChI is InChI=1S/C23H22O4S/c1-23(2)13-17(11-16-7-6-8-18(12-16)27-15-21(24)25)22(26)20(14-23)28-19-9-4-3-5-10-19/h3-12,14H,13,15H2,1-2H3,(H,24,25). The number of carboxylic acid groups (broad SMARTS) is 1. The van der Waals surface area contributed by atoms with E-state index in [1.807, 2.05) is 42.5 Å². The fourth-order valence-corrected chi connectivity index (χ4v) is 4.20. The van der Waals surface area contributed by atoms with Gasteiger partial charge in [-0.2, -0.15) is 0 Å². The summed E-state index contributed by atoms with van der Waals surface area (Å²) < 4.78 is 5.24. The van der Waals surface area contributed by atoms with E-state index in [0.29, 0.717) is 12.2 Å². The lowest BCUT2D eigenvalue weighted by Gasteiger charge is -2.28. The number of thioether (sulfide) groups is 1. The van der Waals surface area contributed by atoms with Gasteiger partial charge in [-0.15, -0.1) is 0 Å². The minimum Gasteiger partial charge on any atom is -0.482 e. The number of benzene rings is 2. The van der Waals surface area contributed by atoms with Gasteiger partial charge in [-0.05, 0) is 47.7 Å². The van der Waals surface area contributed by atoms with Gasteiger partial charge >= 0.3 is 5.97 Å². The Balaban J connectivity index is 1.85. The third kappa shape index (κ3) is 5.36. The number of hydrogen-bond acceptors (Lipinski definition) is 4. The molecule has 0 saturated carbocycles. The van der Waals surface area contributed by atoms with Gasteiger partial charge in [0.1, 0.15) is 5.75 Å². The molecule has 28 heavy (non-hydrogen) atoms. The van der Waals surface area contributed by atoms with Gasteiger partial charge in [0.2, 0.25) is 0 Å². The molecule has 144 valence electrons. The van der Waals surface area contributed by atoms with E-state index in [2.05, 4.69) is 19.9 Å². The number of carbonyl (C=O) groups is 2. The maximum atomic E-state index is 13.1. The number of carbonyl (C=O) groups excluding carboxylic acids is 1. The van der Waals surface area contributed by atoms with Crippen molar-refractivity contribution in [1.82, 2.24) is 0 Å². The van der Waals surface area contributed by atoms with Crippen LogP contribution in [0, 0.1) is 5.41 Å². The van der Waals surface area contributed by atoms with Crippen molar-refractivity contribution in [3.05, 3.63) is 76.7 Å². The van der Waals surface area contributed by atoms with Gasteiger partial charge in [0.05, 0.1) is 4.91 Å². The fourth-order valence-electron chi connectivity index (χ4n) is 3.05. The molecular weight excluding hydrogens is 372 g/mol. The molecule has 0 atom stereocenters. The van der Waals surface area contributed by atoms with Gasteiger partial charge in [-0.1, -0.05) is 62.0 Å². The minimum atomic E-state index is -1.03. The van der Waals surface area contributed by atoms with Crippen LogP contribution in [0.15, 0.2) is 76.0 Å². The van der Waals surface area contributed by atoms with Gasteiger partial charge < -0.3 is 9.84 Å². The zero-order valence-corrected chi connectivity index (χ0v) is 16.7. The number of allylic oxidation sites excluding steroid dienone is 3. The van der Waals surface area contributed by atoms with E-state index in [1.54, 1.807) is 18.2 Å². The summed E-state index contributed by atoms with van der Waals surface area (Å²) in [5, 5.41) is 8.76. The number of ketones is 1. The van der Waals surface area contributed by atoms with Crippen LogP contribution in [0.4, 0.5) is 0 Å². The lowest BCUT2D eigenvalue weighted by atomic mass is 9.79. The van der Waals surface area contributed by atoms with E-state index < -0.39 is 12.6 Å². The molecule has 3 rings (SSSR count). The second-order valence-corrected chi connectivity index (χ2v) is 8.46. The number of Topliss-reactive ketones (excluding diaryl/α,β-unsaturated/α-hetero) is 1. The molecule has 5 heteroatoms. The first-order valence-corrected chi connectivity index (χ1v) is 9.80. The van der Waals surface area contributed by atoms with Crippen molar-refractivity contribution in [2.75, 3.05) is 6.61 Å². The molecule has 2 aromatic carbocycles. The number of aliphatic carboxylic acids is 1. The smallest absolute Gasteiger partial charge is 0.341 e. The summed E-state index contributed by atoms with van der Waals surface area (Å²) in [6.07, 6.45) is 4.57. The Morgan fingerprint density at radius 3 is 2.64 bits per heavy atom. The molecule has 0 radical (unpaired) electrons. The van der Waals surface area contributed by atoms with Crippen LogP contribution in [0.1, 0.15) is 25.8 Å². The molecule has 0 unspecified atom stereocenters. The van der Waals surface area contributed by atoms with E-state index in [-0.39, 0.29) is 11.2 Å². The zero-order chi connectivity index (χ0) is 20.1. The maximum Gasteiger partial charge on any atom is 0.341 e. The molecule has 0 saturated heterocycles. The second-order valence-electron chi connectivity index (χ2n) is 7.34. The first-order valence-electron chi connectivity index (χ1n) is 8.98. The third-order valence-electron chi connectivity index (χ3n) is 4.22. The van der Waals surface area contributed by atoms with E-state index in [9.17, 15) is 9.59 Å². The zero-order valence-electron chi connectivity index (χ0n) is 15.8. The molecule has 0 fully saturated rings. The number of ether oxygens (including phenoxy) is 1. The third-order valence-corrected chi connectivity index (χ3v) is 5.25. The molecule has 0 spiro atoms. The summed E-state index contributed by atoms with van der Waals surface area (Å²) in [7, 11) is 0. The highest BCUT2D eigenvalue weighted by Gasteiger charge is 2.30. The Morgan fingerprint density at radius 1 is 1.18 bits per heavy atom. The molecule has 0 heterocycles. The predicted octanol–water partition coefficient (Wildman–Crippen LogP) is 5.21. The Bertz CT molecular complexity index is 942. The van der Waals surface area contributed by atoms with Crippen LogP contribution in [0.5, 0.6) is 5.75 Å². The van der Waals surface area contributed by atoms with Crippen LogP contribution in [-0.2, 0) is 9.59 Å². The van der Waals surface area contributed by atoms with Crippen molar-refractivity contribution in [3.8, 4) is 5.75 Å². The molecule has 1 aliphatic rings. The Hall–Kier alpha value is -2.79. The number of carboxylic acids is 1. The Morgan fingerprint density at radius 2 is 1.93 bits per heavy atom. The summed E-state index contributed by atoms with van der Waals surface area (Å²) in [4.78, 5) is 25.5. The molecule has 1 N–H and O–H groups in total. The van der Waals surface area contributed by atoms with Gasteiger partial charge in [0.25, 0.3) is 0 Å². The number of hydrogen-bond donors (Lipinski definition) is 1. The van der Waals surface area contributed by atoms with E-state index in [4.69, 9.17) is 9.84 Å². The first-order chi connectivity index (χ1) is 13.3. The highest BCUT2D eigenvalue weighted by molar-refractivity contribution is 8.04. The van der Waals surface area contributed by atoms with Gasteiger partial charge in [0.15, 0.2) is 12.4 Å². The van der Waals surface area contributed by atoms with Crippen LogP contribution in [0.2, 0.25) is 0 Å².